The van der Waals surface area contributed by atoms with Crippen LogP contribution in [-0.4, -0.2) is 11.7 Å². The van der Waals surface area contributed by atoms with Gasteiger partial charge in [0.05, 0.1) is 6.61 Å². The number of rotatable bonds is 2. The minimum atomic E-state index is -0.282. The number of aliphatic hydroxyl groups is 1. The van der Waals surface area contributed by atoms with Crippen molar-refractivity contribution >= 4 is 0 Å². The van der Waals surface area contributed by atoms with Gasteiger partial charge >= 0.3 is 0 Å². The first-order valence-corrected chi connectivity index (χ1v) is 4.94. The first kappa shape index (κ1) is 9.62. The molecule has 1 aliphatic heterocycles. The van der Waals surface area contributed by atoms with Crippen LogP contribution in [0.25, 0.3) is 0 Å². The summed E-state index contributed by atoms with van der Waals surface area (Å²) in [6.07, 6.45) is 2.21. The third-order valence-electron chi connectivity index (χ3n) is 2.71. The fourth-order valence-electron chi connectivity index (χ4n) is 2.00. The maximum atomic E-state index is 12.9. The van der Waals surface area contributed by atoms with E-state index in [0.29, 0.717) is 5.56 Å². The molecule has 1 fully saturated rings. The number of hydrogen-bond acceptors (Lipinski definition) is 2. The molecule has 0 saturated carbocycles. The quantitative estimate of drug-likeness (QED) is 0.753. The van der Waals surface area contributed by atoms with Crippen molar-refractivity contribution in [1.29, 1.82) is 0 Å². The van der Waals surface area contributed by atoms with Gasteiger partial charge in [0.1, 0.15) is 5.82 Å². The molecule has 0 unspecified atom stereocenters. The van der Waals surface area contributed by atoms with E-state index >= 15 is 0 Å². The van der Waals surface area contributed by atoms with E-state index in [4.69, 9.17) is 5.11 Å². The molecule has 1 aromatic carbocycles. The average molecular weight is 195 g/mol. The number of hydrogen-bond donors (Lipinski definition) is 2. The van der Waals surface area contributed by atoms with Crippen molar-refractivity contribution in [2.45, 2.75) is 25.5 Å². The largest absolute Gasteiger partial charge is 0.392 e. The van der Waals surface area contributed by atoms with Gasteiger partial charge in [-0.3, -0.25) is 0 Å². The lowest BCUT2D eigenvalue weighted by molar-refractivity contribution is 0.279. The maximum absolute atomic E-state index is 12.9. The smallest absolute Gasteiger partial charge is 0.123 e. The molecule has 1 aliphatic rings. The molecule has 0 amide bonds. The van der Waals surface area contributed by atoms with Crippen molar-refractivity contribution in [3.8, 4) is 0 Å². The lowest BCUT2D eigenvalue weighted by Crippen LogP contribution is -2.14. The Hall–Kier alpha value is -0.930. The molecule has 1 aromatic rings. The minimum absolute atomic E-state index is 0.0920. The van der Waals surface area contributed by atoms with Crippen molar-refractivity contribution in [1.82, 2.24) is 5.32 Å². The van der Waals surface area contributed by atoms with Gasteiger partial charge in [0, 0.05) is 6.04 Å². The Labute approximate surface area is 82.8 Å². The van der Waals surface area contributed by atoms with E-state index in [9.17, 15) is 4.39 Å². The molecule has 1 saturated heterocycles. The van der Waals surface area contributed by atoms with E-state index < -0.39 is 0 Å². The van der Waals surface area contributed by atoms with E-state index in [1.165, 1.54) is 12.1 Å². The van der Waals surface area contributed by atoms with Crippen LogP contribution in [0, 0.1) is 5.82 Å². The predicted molar refractivity (Wildman–Crippen MR) is 52.3 cm³/mol. The molecule has 1 atom stereocenters. The molecule has 3 heteroatoms. The summed E-state index contributed by atoms with van der Waals surface area (Å²) in [5.74, 6) is -0.282. The Kier molecular flexibility index (Phi) is 2.79. The van der Waals surface area contributed by atoms with Gasteiger partial charge in [-0.1, -0.05) is 6.07 Å². The highest BCUT2D eigenvalue weighted by atomic mass is 19.1. The van der Waals surface area contributed by atoms with Gasteiger partial charge in [-0.25, -0.2) is 4.39 Å². The predicted octanol–water partition coefficient (Wildman–Crippen LogP) is 1.74. The van der Waals surface area contributed by atoms with Crippen molar-refractivity contribution < 1.29 is 9.50 Å². The highest BCUT2D eigenvalue weighted by molar-refractivity contribution is 5.30. The zero-order valence-corrected chi connectivity index (χ0v) is 7.96. The number of nitrogens with one attached hydrogen (secondary N) is 1. The number of halogens is 1. The third kappa shape index (κ3) is 1.79. The van der Waals surface area contributed by atoms with Crippen molar-refractivity contribution in [2.24, 2.45) is 0 Å². The van der Waals surface area contributed by atoms with Crippen LogP contribution in [0.15, 0.2) is 18.2 Å². The van der Waals surface area contributed by atoms with Gasteiger partial charge < -0.3 is 10.4 Å². The molecule has 76 valence electrons. The summed E-state index contributed by atoms with van der Waals surface area (Å²) < 4.78 is 12.9. The van der Waals surface area contributed by atoms with Crippen LogP contribution in [0.2, 0.25) is 0 Å². The van der Waals surface area contributed by atoms with Crippen LogP contribution in [0.5, 0.6) is 0 Å². The monoisotopic (exact) mass is 195 g/mol. The van der Waals surface area contributed by atoms with Crippen LogP contribution in [0.4, 0.5) is 4.39 Å². The summed E-state index contributed by atoms with van der Waals surface area (Å²) in [7, 11) is 0. The van der Waals surface area contributed by atoms with Crippen LogP contribution in [0.3, 0.4) is 0 Å². The van der Waals surface area contributed by atoms with Gasteiger partial charge in [-0.15, -0.1) is 0 Å². The molecular weight excluding hydrogens is 181 g/mol. The SMILES string of the molecule is OCc1cc(F)ccc1[C@@H]1CCCN1. The molecule has 0 spiro atoms. The summed E-state index contributed by atoms with van der Waals surface area (Å²) in [6, 6.07) is 4.92. The lowest BCUT2D eigenvalue weighted by Gasteiger charge is -2.14. The fraction of sp³-hybridized carbons (Fsp3) is 0.455. The summed E-state index contributed by atoms with van der Waals surface area (Å²) in [6.45, 7) is 0.915. The second-order valence-electron chi connectivity index (χ2n) is 3.65. The number of aliphatic hydroxyl groups excluding tert-OH is 1. The Morgan fingerprint density at radius 1 is 1.50 bits per heavy atom. The van der Waals surface area contributed by atoms with Crippen LogP contribution in [0.1, 0.15) is 30.0 Å². The van der Waals surface area contributed by atoms with Crippen molar-refractivity contribution in [2.75, 3.05) is 6.54 Å². The van der Waals surface area contributed by atoms with Gasteiger partial charge in [0.2, 0.25) is 0 Å². The first-order chi connectivity index (χ1) is 6.81. The summed E-state index contributed by atoms with van der Waals surface area (Å²) in [5, 5.41) is 12.4. The second kappa shape index (κ2) is 4.07. The number of benzene rings is 1. The molecule has 2 rings (SSSR count). The van der Waals surface area contributed by atoms with Crippen molar-refractivity contribution in [3.63, 3.8) is 0 Å². The minimum Gasteiger partial charge on any atom is -0.392 e. The fourth-order valence-corrected chi connectivity index (χ4v) is 2.00. The Morgan fingerprint density at radius 3 is 3.00 bits per heavy atom. The van der Waals surface area contributed by atoms with E-state index in [0.717, 1.165) is 24.9 Å². The van der Waals surface area contributed by atoms with E-state index in [2.05, 4.69) is 5.32 Å². The molecule has 0 aliphatic carbocycles. The molecule has 2 nitrogen and oxygen atoms in total. The van der Waals surface area contributed by atoms with Crippen LogP contribution in [-0.2, 0) is 6.61 Å². The normalized spacial score (nSPS) is 21.4. The van der Waals surface area contributed by atoms with Crippen LogP contribution < -0.4 is 5.32 Å². The third-order valence-corrected chi connectivity index (χ3v) is 2.71. The Morgan fingerprint density at radius 2 is 2.36 bits per heavy atom. The average Bonchev–Trinajstić information content (AvgIpc) is 2.70. The zero-order chi connectivity index (χ0) is 9.97. The van der Waals surface area contributed by atoms with Gasteiger partial charge in [0.25, 0.3) is 0 Å². The van der Waals surface area contributed by atoms with E-state index in [-0.39, 0.29) is 18.5 Å². The topological polar surface area (TPSA) is 32.3 Å². The van der Waals surface area contributed by atoms with Gasteiger partial charge in [-0.05, 0) is 42.6 Å². The van der Waals surface area contributed by atoms with E-state index in [1.54, 1.807) is 6.07 Å². The molecule has 0 radical (unpaired) electrons. The summed E-state index contributed by atoms with van der Waals surface area (Å²) in [5.41, 5.74) is 1.73. The zero-order valence-electron chi connectivity index (χ0n) is 7.96. The summed E-state index contributed by atoms with van der Waals surface area (Å²) >= 11 is 0. The molecule has 14 heavy (non-hydrogen) atoms. The molecule has 0 bridgehead atoms. The van der Waals surface area contributed by atoms with Gasteiger partial charge in [0.15, 0.2) is 0 Å². The standard InChI is InChI=1S/C11H14FNO/c12-9-3-4-10(8(6-9)7-14)11-2-1-5-13-11/h3-4,6,11,13-14H,1-2,5,7H2/t11-/m0/s1. The highest BCUT2D eigenvalue weighted by Crippen LogP contribution is 2.26. The lowest BCUT2D eigenvalue weighted by atomic mass is 9.99. The Balaban J connectivity index is 2.31. The summed E-state index contributed by atoms with van der Waals surface area (Å²) in [4.78, 5) is 0. The molecule has 0 aromatic heterocycles. The highest BCUT2D eigenvalue weighted by Gasteiger charge is 2.18. The van der Waals surface area contributed by atoms with E-state index in [1.807, 2.05) is 0 Å². The molecule has 2 N–H and O–H groups in total. The van der Waals surface area contributed by atoms with Crippen molar-refractivity contribution in [3.05, 3.63) is 35.1 Å². The Bertz CT molecular complexity index is 321. The molecule has 1 heterocycles. The second-order valence-corrected chi connectivity index (χ2v) is 3.65. The molecular formula is C11H14FNO. The van der Waals surface area contributed by atoms with Gasteiger partial charge in [-0.2, -0.15) is 0 Å². The van der Waals surface area contributed by atoms with Crippen LogP contribution >= 0.6 is 0 Å². The maximum Gasteiger partial charge on any atom is 0.123 e. The first-order valence-electron chi connectivity index (χ1n) is 4.94.